The van der Waals surface area contributed by atoms with Crippen molar-refractivity contribution in [3.8, 4) is 0 Å². The van der Waals surface area contributed by atoms with Gasteiger partial charge in [-0.3, -0.25) is 4.79 Å². The van der Waals surface area contributed by atoms with Crippen molar-refractivity contribution in [2.75, 3.05) is 13.1 Å². The quantitative estimate of drug-likeness (QED) is 0.588. The van der Waals surface area contributed by atoms with Crippen LogP contribution in [0.25, 0.3) is 0 Å². The Kier molecular flexibility index (Phi) is 5.12. The van der Waals surface area contributed by atoms with Crippen molar-refractivity contribution in [1.29, 1.82) is 0 Å². The topological polar surface area (TPSA) is 29.1 Å². The highest BCUT2D eigenvalue weighted by atomic mass is 19.1. The number of ketones is 1. The number of hydrogen-bond acceptors (Lipinski definition) is 2. The Labute approximate surface area is 95.9 Å². The maximum Gasteiger partial charge on any atom is 0.161 e. The third kappa shape index (κ3) is 4.11. The van der Waals surface area contributed by atoms with Crippen LogP contribution in [0.4, 0.5) is 4.39 Å². The number of Topliss-reactive ketones (excluding diaryl/α,β-unsaturated/α-hetero) is 1. The van der Waals surface area contributed by atoms with E-state index in [0.717, 1.165) is 12.1 Å². The summed E-state index contributed by atoms with van der Waals surface area (Å²) in [5, 5.41) is 3.13. The third-order valence-electron chi connectivity index (χ3n) is 2.41. The first-order valence-corrected chi connectivity index (χ1v) is 5.58. The SMILES string of the molecule is CC=CC(F)=CC(C)C=C1CNCCC1=O. The molecule has 0 spiro atoms. The first-order valence-electron chi connectivity index (χ1n) is 5.58. The van der Waals surface area contributed by atoms with Gasteiger partial charge in [0.25, 0.3) is 0 Å². The van der Waals surface area contributed by atoms with E-state index in [-0.39, 0.29) is 17.5 Å². The van der Waals surface area contributed by atoms with Gasteiger partial charge in [0.1, 0.15) is 5.83 Å². The van der Waals surface area contributed by atoms with Gasteiger partial charge in [-0.15, -0.1) is 0 Å². The fraction of sp³-hybridized carbons (Fsp3) is 0.462. The highest BCUT2D eigenvalue weighted by Crippen LogP contribution is 2.12. The number of hydrogen-bond donors (Lipinski definition) is 1. The largest absolute Gasteiger partial charge is 0.312 e. The van der Waals surface area contributed by atoms with Crippen molar-refractivity contribution in [3.05, 3.63) is 35.7 Å². The highest BCUT2D eigenvalue weighted by molar-refractivity contribution is 5.96. The number of piperidine rings is 1. The van der Waals surface area contributed by atoms with Gasteiger partial charge in [-0.2, -0.15) is 0 Å². The second-order valence-corrected chi connectivity index (χ2v) is 3.95. The van der Waals surface area contributed by atoms with E-state index in [9.17, 15) is 9.18 Å². The van der Waals surface area contributed by atoms with E-state index in [1.807, 2.05) is 13.0 Å². The lowest BCUT2D eigenvalue weighted by atomic mass is 9.99. The Hall–Kier alpha value is -1.22. The van der Waals surface area contributed by atoms with Crippen molar-refractivity contribution in [1.82, 2.24) is 5.32 Å². The molecule has 0 bridgehead atoms. The monoisotopic (exact) mass is 223 g/mol. The zero-order chi connectivity index (χ0) is 12.0. The van der Waals surface area contributed by atoms with E-state index in [1.165, 1.54) is 12.2 Å². The average Bonchev–Trinajstić information content (AvgIpc) is 2.21. The number of halogens is 1. The van der Waals surface area contributed by atoms with Gasteiger partial charge in [-0.25, -0.2) is 4.39 Å². The van der Waals surface area contributed by atoms with Crippen molar-refractivity contribution in [2.24, 2.45) is 5.92 Å². The van der Waals surface area contributed by atoms with Gasteiger partial charge >= 0.3 is 0 Å². The number of allylic oxidation sites excluding steroid dienone is 5. The van der Waals surface area contributed by atoms with Crippen molar-refractivity contribution in [2.45, 2.75) is 20.3 Å². The van der Waals surface area contributed by atoms with Crippen molar-refractivity contribution < 1.29 is 9.18 Å². The Morgan fingerprint density at radius 3 is 2.94 bits per heavy atom. The summed E-state index contributed by atoms with van der Waals surface area (Å²) >= 11 is 0. The van der Waals surface area contributed by atoms with Crippen LogP contribution in [0.5, 0.6) is 0 Å². The molecule has 1 heterocycles. The molecule has 0 aromatic carbocycles. The van der Waals surface area contributed by atoms with Crippen LogP contribution in [0.3, 0.4) is 0 Å². The predicted molar refractivity (Wildman–Crippen MR) is 63.7 cm³/mol. The zero-order valence-electron chi connectivity index (χ0n) is 9.79. The summed E-state index contributed by atoms with van der Waals surface area (Å²) in [7, 11) is 0. The van der Waals surface area contributed by atoms with E-state index in [4.69, 9.17) is 0 Å². The van der Waals surface area contributed by atoms with Gasteiger partial charge in [-0.1, -0.05) is 19.1 Å². The third-order valence-corrected chi connectivity index (χ3v) is 2.41. The maximum atomic E-state index is 13.1. The van der Waals surface area contributed by atoms with Crippen LogP contribution in [0.2, 0.25) is 0 Å². The van der Waals surface area contributed by atoms with E-state index in [0.29, 0.717) is 13.0 Å². The molecule has 1 aliphatic rings. The van der Waals surface area contributed by atoms with Crippen LogP contribution in [0, 0.1) is 5.92 Å². The second-order valence-electron chi connectivity index (χ2n) is 3.95. The second kappa shape index (κ2) is 6.38. The summed E-state index contributed by atoms with van der Waals surface area (Å²) in [5.74, 6) is -0.149. The molecule has 1 atom stereocenters. The number of carbonyl (C=O) groups excluding carboxylic acids is 1. The number of rotatable bonds is 3. The van der Waals surface area contributed by atoms with Crippen molar-refractivity contribution in [3.63, 3.8) is 0 Å². The summed E-state index contributed by atoms with van der Waals surface area (Å²) in [6, 6.07) is 0. The molecule has 1 N–H and O–H groups in total. The molecule has 2 nitrogen and oxygen atoms in total. The van der Waals surface area contributed by atoms with Crippen LogP contribution in [0.1, 0.15) is 20.3 Å². The molecule has 0 aromatic rings. The molecule has 0 amide bonds. The molecule has 1 aliphatic heterocycles. The Bertz CT molecular complexity index is 342. The van der Waals surface area contributed by atoms with Gasteiger partial charge in [0.2, 0.25) is 0 Å². The summed E-state index contributed by atoms with van der Waals surface area (Å²) in [6.07, 6.45) is 6.95. The molecule has 16 heavy (non-hydrogen) atoms. The molecule has 1 fully saturated rings. The van der Waals surface area contributed by atoms with E-state index in [2.05, 4.69) is 5.32 Å². The van der Waals surface area contributed by atoms with Crippen LogP contribution >= 0.6 is 0 Å². The fourth-order valence-electron chi connectivity index (χ4n) is 1.67. The summed E-state index contributed by atoms with van der Waals surface area (Å²) in [5.41, 5.74) is 0.767. The molecule has 0 aliphatic carbocycles. The minimum Gasteiger partial charge on any atom is -0.312 e. The zero-order valence-corrected chi connectivity index (χ0v) is 9.79. The summed E-state index contributed by atoms with van der Waals surface area (Å²) in [4.78, 5) is 11.5. The number of nitrogens with one attached hydrogen (secondary N) is 1. The predicted octanol–water partition coefficient (Wildman–Crippen LogP) is 2.54. The van der Waals surface area contributed by atoms with Gasteiger partial charge in [0.15, 0.2) is 5.78 Å². The maximum absolute atomic E-state index is 13.1. The van der Waals surface area contributed by atoms with Gasteiger partial charge < -0.3 is 5.32 Å². The minimum atomic E-state index is -0.261. The van der Waals surface area contributed by atoms with Crippen LogP contribution in [0.15, 0.2) is 35.7 Å². The summed E-state index contributed by atoms with van der Waals surface area (Å²) < 4.78 is 13.1. The van der Waals surface area contributed by atoms with E-state index >= 15 is 0 Å². The molecule has 0 aromatic heterocycles. The van der Waals surface area contributed by atoms with E-state index < -0.39 is 0 Å². The van der Waals surface area contributed by atoms with Gasteiger partial charge in [0, 0.05) is 25.1 Å². The molecule has 3 heteroatoms. The Balaban J connectivity index is 2.67. The molecule has 1 unspecified atom stereocenters. The van der Waals surface area contributed by atoms with Crippen LogP contribution < -0.4 is 5.32 Å². The smallest absolute Gasteiger partial charge is 0.161 e. The lowest BCUT2D eigenvalue weighted by Crippen LogP contribution is -2.30. The lowest BCUT2D eigenvalue weighted by molar-refractivity contribution is -0.116. The highest BCUT2D eigenvalue weighted by Gasteiger charge is 2.14. The number of carbonyl (C=O) groups is 1. The standard InChI is InChI=1S/C13H18FNO/c1-3-4-12(14)8-10(2)7-11-9-15-6-5-13(11)16/h3-4,7-8,10,15H,5-6,9H2,1-2H3. The van der Waals surface area contributed by atoms with Crippen molar-refractivity contribution >= 4 is 5.78 Å². The van der Waals surface area contributed by atoms with Gasteiger partial charge in [-0.05, 0) is 25.0 Å². The molecule has 0 saturated carbocycles. The molecule has 1 saturated heterocycles. The summed E-state index contributed by atoms with van der Waals surface area (Å²) in [6.45, 7) is 4.98. The first-order chi connectivity index (χ1) is 7.63. The Morgan fingerprint density at radius 2 is 2.31 bits per heavy atom. The average molecular weight is 223 g/mol. The minimum absolute atomic E-state index is 0.0601. The van der Waals surface area contributed by atoms with Crippen LogP contribution in [-0.2, 0) is 4.79 Å². The fourth-order valence-corrected chi connectivity index (χ4v) is 1.67. The van der Waals surface area contributed by atoms with E-state index in [1.54, 1.807) is 13.0 Å². The molecular weight excluding hydrogens is 205 g/mol. The normalized spacial score (nSPS) is 23.1. The first kappa shape index (κ1) is 12.8. The Morgan fingerprint density at radius 1 is 1.56 bits per heavy atom. The molecule has 0 radical (unpaired) electrons. The molecular formula is C13H18FNO. The molecule has 1 rings (SSSR count). The lowest BCUT2D eigenvalue weighted by Gasteiger charge is -2.15. The van der Waals surface area contributed by atoms with Crippen LogP contribution in [-0.4, -0.2) is 18.9 Å². The van der Waals surface area contributed by atoms with Gasteiger partial charge in [0.05, 0.1) is 0 Å². The molecule has 88 valence electrons.